The fraction of sp³-hybridized carbons (Fsp3) is 0.258. The van der Waals surface area contributed by atoms with E-state index in [4.69, 9.17) is 16.3 Å². The minimum Gasteiger partial charge on any atom is -0.507 e. The summed E-state index contributed by atoms with van der Waals surface area (Å²) in [6.07, 6.45) is 3.36. The van der Waals surface area contributed by atoms with Crippen LogP contribution in [0.5, 0.6) is 17.2 Å². The number of phenols is 2. The molecule has 1 aliphatic heterocycles. The summed E-state index contributed by atoms with van der Waals surface area (Å²) in [4.78, 5) is 66.7. The predicted octanol–water partition coefficient (Wildman–Crippen LogP) is 4.09. The van der Waals surface area contributed by atoms with Crippen molar-refractivity contribution in [1.82, 2.24) is 0 Å². The molecule has 10 nitrogen and oxygen atoms in total. The number of aromatic hydroxyl groups is 2. The Balaban J connectivity index is 1.48. The van der Waals surface area contributed by atoms with Gasteiger partial charge < -0.3 is 20.1 Å². The number of methoxy groups -OCH3 is 1. The number of carbonyl (C=O) groups is 5. The number of carboxylic acids is 1. The fourth-order valence-corrected chi connectivity index (χ4v) is 6.99. The average Bonchev–Trinajstić information content (AvgIpc) is 3.21. The second-order valence-corrected chi connectivity index (χ2v) is 11.2. The fourth-order valence-electron chi connectivity index (χ4n) is 6.77. The van der Waals surface area contributed by atoms with Gasteiger partial charge in [-0.05, 0) is 61.6 Å². The standard InChI is InChI=1S/C31H24ClNO9/c1-12-7-22(35)26-19(27(12)36)11-18-15(24(26)13-8-20(32)28(37)23(9-13)42-2)5-6-17-25(18)30(39)33(29(17)38)14-3-4-16(31(40)41)21(34)10-14/h3-5,7-10,17-18,24-25,34,37H,6,11H2,1-2H3,(H,40,41). The molecule has 1 heterocycles. The predicted molar refractivity (Wildman–Crippen MR) is 149 cm³/mol. The van der Waals surface area contributed by atoms with E-state index in [9.17, 15) is 39.3 Å². The van der Waals surface area contributed by atoms with Gasteiger partial charge >= 0.3 is 5.97 Å². The Bertz CT molecular complexity index is 1750. The van der Waals surface area contributed by atoms with Crippen molar-refractivity contribution in [2.24, 2.45) is 17.8 Å². The summed E-state index contributed by atoms with van der Waals surface area (Å²) in [5.74, 6) is -6.94. The maximum atomic E-state index is 14.0. The Hall–Kier alpha value is -4.70. The molecule has 3 aliphatic carbocycles. The minimum atomic E-state index is -1.36. The van der Waals surface area contributed by atoms with Crippen molar-refractivity contribution in [3.05, 3.63) is 80.9 Å². The van der Waals surface area contributed by atoms with Crippen LogP contribution in [-0.4, -0.2) is 51.8 Å². The number of fused-ring (bicyclic) bond motifs is 3. The van der Waals surface area contributed by atoms with Gasteiger partial charge in [-0.15, -0.1) is 0 Å². The van der Waals surface area contributed by atoms with Crippen molar-refractivity contribution in [3.8, 4) is 17.2 Å². The van der Waals surface area contributed by atoms with Crippen LogP contribution in [0.4, 0.5) is 5.69 Å². The first-order valence-corrected chi connectivity index (χ1v) is 13.5. The zero-order chi connectivity index (χ0) is 30.2. The smallest absolute Gasteiger partial charge is 0.339 e. The highest BCUT2D eigenvalue weighted by atomic mass is 35.5. The molecule has 4 aliphatic rings. The largest absolute Gasteiger partial charge is 0.507 e. The number of phenolic OH excluding ortho intramolecular Hbond substituents is 1. The summed E-state index contributed by atoms with van der Waals surface area (Å²) in [6.45, 7) is 1.55. The van der Waals surface area contributed by atoms with Gasteiger partial charge in [-0.25, -0.2) is 9.69 Å². The summed E-state index contributed by atoms with van der Waals surface area (Å²) >= 11 is 6.33. The molecule has 2 aromatic rings. The number of benzene rings is 2. The van der Waals surface area contributed by atoms with Crippen LogP contribution in [0, 0.1) is 17.8 Å². The van der Waals surface area contributed by atoms with E-state index < -0.39 is 47.2 Å². The SMILES string of the molecule is COc1cc(C2C3=CCC4C(=O)N(c5ccc(C(=O)O)c(O)c5)C(=O)C4C3CC3=C2C(=O)C=C(C)C3=O)cc(Cl)c1O. The monoisotopic (exact) mass is 589 g/mol. The van der Waals surface area contributed by atoms with Gasteiger partial charge in [0.25, 0.3) is 0 Å². The molecular weight excluding hydrogens is 566 g/mol. The van der Waals surface area contributed by atoms with E-state index >= 15 is 0 Å². The Labute approximate surface area is 244 Å². The van der Waals surface area contributed by atoms with Gasteiger partial charge in [0.1, 0.15) is 11.3 Å². The molecule has 0 radical (unpaired) electrons. The number of anilines is 1. The number of Topliss-reactive ketones (excluding diaryl/α,β-unsaturated/α-hetero) is 1. The number of nitrogens with zero attached hydrogens (tertiary/aromatic N) is 1. The van der Waals surface area contributed by atoms with Gasteiger partial charge in [0.2, 0.25) is 11.8 Å². The Kier molecular flexibility index (Phi) is 6.34. The molecule has 3 N–H and O–H groups in total. The third-order valence-electron chi connectivity index (χ3n) is 8.64. The number of carboxylic acid groups (broad SMARTS) is 1. The summed E-state index contributed by atoms with van der Waals surface area (Å²) < 4.78 is 5.29. The van der Waals surface area contributed by atoms with Crippen molar-refractivity contribution >= 4 is 46.6 Å². The lowest BCUT2D eigenvalue weighted by Crippen LogP contribution is -2.39. The van der Waals surface area contributed by atoms with E-state index in [-0.39, 0.29) is 68.9 Å². The second-order valence-electron chi connectivity index (χ2n) is 10.8. The van der Waals surface area contributed by atoms with Crippen LogP contribution in [0.15, 0.2) is 64.8 Å². The third-order valence-corrected chi connectivity index (χ3v) is 8.92. The van der Waals surface area contributed by atoms with Crippen LogP contribution in [-0.2, 0) is 19.2 Å². The van der Waals surface area contributed by atoms with Gasteiger partial charge in [0, 0.05) is 28.7 Å². The van der Waals surface area contributed by atoms with Crippen LogP contribution in [0.1, 0.15) is 41.6 Å². The van der Waals surface area contributed by atoms with Crippen molar-refractivity contribution in [3.63, 3.8) is 0 Å². The number of imide groups is 1. The van der Waals surface area contributed by atoms with Crippen molar-refractivity contribution in [1.29, 1.82) is 0 Å². The summed E-state index contributed by atoms with van der Waals surface area (Å²) in [7, 11) is 1.35. The zero-order valence-electron chi connectivity index (χ0n) is 22.4. The van der Waals surface area contributed by atoms with Gasteiger partial charge in [-0.3, -0.25) is 19.2 Å². The molecular formula is C31H24ClNO9. The Morgan fingerprint density at radius 3 is 2.45 bits per heavy atom. The van der Waals surface area contributed by atoms with Gasteiger partial charge in [-0.2, -0.15) is 0 Å². The molecule has 4 unspecified atom stereocenters. The van der Waals surface area contributed by atoms with Gasteiger partial charge in [0.05, 0.1) is 29.7 Å². The summed E-state index contributed by atoms with van der Waals surface area (Å²) in [5.41, 5.74) is 1.61. The number of hydrogen-bond donors (Lipinski definition) is 3. The highest BCUT2D eigenvalue weighted by molar-refractivity contribution is 6.32. The Morgan fingerprint density at radius 1 is 1.05 bits per heavy atom. The van der Waals surface area contributed by atoms with Crippen molar-refractivity contribution < 1.29 is 44.0 Å². The average molecular weight is 590 g/mol. The number of ether oxygens (including phenoxy) is 1. The van der Waals surface area contributed by atoms with E-state index in [0.29, 0.717) is 11.1 Å². The van der Waals surface area contributed by atoms with Crippen LogP contribution in [0.3, 0.4) is 0 Å². The molecule has 2 aromatic carbocycles. The van der Waals surface area contributed by atoms with E-state index in [0.717, 1.165) is 17.0 Å². The molecule has 1 saturated heterocycles. The molecule has 6 rings (SSSR count). The van der Waals surface area contributed by atoms with Gasteiger partial charge in [-0.1, -0.05) is 23.3 Å². The molecule has 214 valence electrons. The molecule has 0 saturated carbocycles. The first kappa shape index (κ1) is 27.5. The van der Waals surface area contributed by atoms with Crippen molar-refractivity contribution in [2.45, 2.75) is 25.7 Å². The molecule has 2 amide bonds. The molecule has 0 bridgehead atoms. The van der Waals surface area contributed by atoms with E-state index in [1.807, 2.05) is 6.08 Å². The van der Waals surface area contributed by atoms with Crippen molar-refractivity contribution in [2.75, 3.05) is 12.0 Å². The first-order chi connectivity index (χ1) is 19.9. The number of rotatable bonds is 4. The second kappa shape index (κ2) is 9.70. The molecule has 1 fully saturated rings. The lowest BCUT2D eigenvalue weighted by Gasteiger charge is -2.42. The van der Waals surface area contributed by atoms with Crippen LogP contribution in [0.2, 0.25) is 5.02 Å². The molecule has 4 atom stereocenters. The van der Waals surface area contributed by atoms with Gasteiger partial charge in [0.15, 0.2) is 23.1 Å². The number of amides is 2. The number of allylic oxidation sites excluding steroid dienone is 6. The highest BCUT2D eigenvalue weighted by Gasteiger charge is 2.56. The number of halogens is 1. The number of ketones is 2. The number of aromatic carboxylic acids is 1. The molecule has 42 heavy (non-hydrogen) atoms. The maximum absolute atomic E-state index is 14.0. The molecule has 11 heteroatoms. The van der Waals surface area contributed by atoms with E-state index in [2.05, 4.69) is 0 Å². The van der Waals surface area contributed by atoms with Crippen LogP contribution >= 0.6 is 11.6 Å². The number of carbonyl (C=O) groups excluding carboxylic acids is 4. The normalized spacial score (nSPS) is 25.1. The van der Waals surface area contributed by atoms with E-state index in [1.54, 1.807) is 6.92 Å². The zero-order valence-corrected chi connectivity index (χ0v) is 23.1. The minimum absolute atomic E-state index is 0.0212. The Morgan fingerprint density at radius 2 is 1.79 bits per heavy atom. The molecule has 0 spiro atoms. The highest BCUT2D eigenvalue weighted by Crippen LogP contribution is 2.56. The number of hydrogen-bond acceptors (Lipinski definition) is 8. The molecule has 0 aromatic heterocycles. The topological polar surface area (TPSA) is 159 Å². The maximum Gasteiger partial charge on any atom is 0.339 e. The summed E-state index contributed by atoms with van der Waals surface area (Å²) in [6, 6.07) is 6.51. The third kappa shape index (κ3) is 3.89. The van der Waals surface area contributed by atoms with Crippen LogP contribution < -0.4 is 9.64 Å². The lowest BCUT2D eigenvalue weighted by molar-refractivity contribution is -0.123. The first-order valence-electron chi connectivity index (χ1n) is 13.1. The lowest BCUT2D eigenvalue weighted by atomic mass is 9.59. The quantitative estimate of drug-likeness (QED) is 0.271. The van der Waals surface area contributed by atoms with Crippen LogP contribution in [0.25, 0.3) is 0 Å². The van der Waals surface area contributed by atoms with E-state index in [1.165, 1.54) is 31.4 Å². The summed E-state index contributed by atoms with van der Waals surface area (Å²) in [5, 5.41) is 29.8.